The highest BCUT2D eigenvalue weighted by Crippen LogP contribution is 2.10. The second-order valence-electron chi connectivity index (χ2n) is 4.46. The van der Waals surface area contributed by atoms with Crippen LogP contribution in [-0.4, -0.2) is 51.4 Å². The maximum atomic E-state index is 12.0. The van der Waals surface area contributed by atoms with E-state index in [-0.39, 0.29) is 18.2 Å². The van der Waals surface area contributed by atoms with Crippen molar-refractivity contribution in [3.05, 3.63) is 29.8 Å². The summed E-state index contributed by atoms with van der Waals surface area (Å²) in [4.78, 5) is 13.5. The van der Waals surface area contributed by atoms with E-state index in [1.807, 2.05) is 19.1 Å². The predicted molar refractivity (Wildman–Crippen MR) is 77.3 cm³/mol. The SMILES string of the molecule is CCNc1ccc(C(=O)N(C)CCS(C)(=O)=O)cc1. The van der Waals surface area contributed by atoms with Crippen molar-refractivity contribution in [2.24, 2.45) is 0 Å². The maximum Gasteiger partial charge on any atom is 0.253 e. The van der Waals surface area contributed by atoms with Crippen molar-refractivity contribution in [2.45, 2.75) is 6.92 Å². The summed E-state index contributed by atoms with van der Waals surface area (Å²) in [6.07, 6.45) is 1.16. The summed E-state index contributed by atoms with van der Waals surface area (Å²) in [7, 11) is -1.45. The molecular weight excluding hydrogens is 264 g/mol. The summed E-state index contributed by atoms with van der Waals surface area (Å²) in [5.74, 6) is -0.197. The Morgan fingerprint density at radius 3 is 2.32 bits per heavy atom. The third-order valence-corrected chi connectivity index (χ3v) is 3.58. The molecule has 0 aromatic heterocycles. The Hall–Kier alpha value is -1.56. The molecule has 0 saturated heterocycles. The number of sulfone groups is 1. The van der Waals surface area contributed by atoms with Gasteiger partial charge in [-0.05, 0) is 31.2 Å². The topological polar surface area (TPSA) is 66.5 Å². The molecule has 106 valence electrons. The first kappa shape index (κ1) is 15.5. The Kier molecular flexibility index (Phi) is 5.35. The second-order valence-corrected chi connectivity index (χ2v) is 6.72. The van der Waals surface area contributed by atoms with E-state index in [1.165, 1.54) is 4.90 Å². The van der Waals surface area contributed by atoms with Gasteiger partial charge in [0, 0.05) is 37.6 Å². The predicted octanol–water partition coefficient (Wildman–Crippen LogP) is 1.23. The van der Waals surface area contributed by atoms with Crippen LogP contribution >= 0.6 is 0 Å². The van der Waals surface area contributed by atoms with Crippen LogP contribution < -0.4 is 5.32 Å². The number of anilines is 1. The minimum absolute atomic E-state index is 0.0231. The normalized spacial score (nSPS) is 11.1. The number of hydrogen-bond acceptors (Lipinski definition) is 4. The van der Waals surface area contributed by atoms with E-state index in [9.17, 15) is 13.2 Å². The van der Waals surface area contributed by atoms with Crippen molar-refractivity contribution in [2.75, 3.05) is 37.5 Å². The van der Waals surface area contributed by atoms with Gasteiger partial charge < -0.3 is 10.2 Å². The van der Waals surface area contributed by atoms with Gasteiger partial charge in [-0.1, -0.05) is 0 Å². The molecule has 6 heteroatoms. The first-order chi connectivity index (χ1) is 8.83. The molecule has 1 aromatic rings. The van der Waals surface area contributed by atoms with Crippen LogP contribution in [0.15, 0.2) is 24.3 Å². The van der Waals surface area contributed by atoms with Gasteiger partial charge in [-0.25, -0.2) is 8.42 Å². The summed E-state index contributed by atoms with van der Waals surface area (Å²) >= 11 is 0. The van der Waals surface area contributed by atoms with Crippen LogP contribution in [0.3, 0.4) is 0 Å². The Morgan fingerprint density at radius 2 is 1.84 bits per heavy atom. The van der Waals surface area contributed by atoms with Crippen molar-refractivity contribution in [3.8, 4) is 0 Å². The van der Waals surface area contributed by atoms with E-state index in [0.29, 0.717) is 5.56 Å². The van der Waals surface area contributed by atoms with E-state index >= 15 is 0 Å². The molecule has 0 radical (unpaired) electrons. The molecule has 0 aliphatic heterocycles. The standard InChI is InChI=1S/C13H20N2O3S/c1-4-14-12-7-5-11(6-8-12)13(16)15(2)9-10-19(3,17)18/h5-8,14H,4,9-10H2,1-3H3. The van der Waals surface area contributed by atoms with Crippen LogP contribution in [0.4, 0.5) is 5.69 Å². The van der Waals surface area contributed by atoms with Gasteiger partial charge in [0.25, 0.3) is 5.91 Å². The van der Waals surface area contributed by atoms with Crippen LogP contribution in [-0.2, 0) is 9.84 Å². The molecule has 0 bridgehead atoms. The zero-order chi connectivity index (χ0) is 14.5. The molecule has 0 heterocycles. The molecule has 1 amide bonds. The van der Waals surface area contributed by atoms with E-state index in [4.69, 9.17) is 0 Å². The van der Waals surface area contributed by atoms with Crippen LogP contribution in [0.5, 0.6) is 0 Å². The molecule has 1 N–H and O–H groups in total. The van der Waals surface area contributed by atoms with Crippen molar-refractivity contribution >= 4 is 21.4 Å². The van der Waals surface area contributed by atoms with Gasteiger partial charge in [-0.2, -0.15) is 0 Å². The highest BCUT2D eigenvalue weighted by molar-refractivity contribution is 7.90. The number of carbonyl (C=O) groups excluding carboxylic acids is 1. The second kappa shape index (κ2) is 6.56. The number of amides is 1. The fraction of sp³-hybridized carbons (Fsp3) is 0.462. The number of benzene rings is 1. The average Bonchev–Trinajstić information content (AvgIpc) is 2.35. The Balaban J connectivity index is 2.66. The molecule has 0 aliphatic carbocycles. The zero-order valence-electron chi connectivity index (χ0n) is 11.5. The fourth-order valence-electron chi connectivity index (χ4n) is 1.56. The molecule has 1 aromatic carbocycles. The van der Waals surface area contributed by atoms with Crippen LogP contribution in [0.1, 0.15) is 17.3 Å². The van der Waals surface area contributed by atoms with E-state index in [0.717, 1.165) is 18.5 Å². The summed E-state index contributed by atoms with van der Waals surface area (Å²) < 4.78 is 22.1. The molecule has 0 saturated carbocycles. The third kappa shape index (κ3) is 5.30. The lowest BCUT2D eigenvalue weighted by Crippen LogP contribution is -2.31. The monoisotopic (exact) mass is 284 g/mol. The smallest absolute Gasteiger partial charge is 0.253 e. The van der Waals surface area contributed by atoms with Crippen LogP contribution in [0.25, 0.3) is 0 Å². The summed E-state index contributed by atoms with van der Waals surface area (Å²) in [5.41, 5.74) is 1.51. The van der Waals surface area contributed by atoms with Crippen LogP contribution in [0, 0.1) is 0 Å². The first-order valence-electron chi connectivity index (χ1n) is 6.10. The zero-order valence-corrected chi connectivity index (χ0v) is 12.3. The van der Waals surface area contributed by atoms with Crippen LogP contribution in [0.2, 0.25) is 0 Å². The van der Waals surface area contributed by atoms with Crippen molar-refractivity contribution < 1.29 is 13.2 Å². The number of nitrogens with one attached hydrogen (secondary N) is 1. The average molecular weight is 284 g/mol. The minimum Gasteiger partial charge on any atom is -0.385 e. The maximum absolute atomic E-state index is 12.0. The molecule has 0 spiro atoms. The highest BCUT2D eigenvalue weighted by atomic mass is 32.2. The Bertz CT molecular complexity index is 523. The first-order valence-corrected chi connectivity index (χ1v) is 8.16. The van der Waals surface area contributed by atoms with Gasteiger partial charge in [-0.15, -0.1) is 0 Å². The summed E-state index contributed by atoms with van der Waals surface area (Å²) in [5, 5.41) is 3.14. The van der Waals surface area contributed by atoms with Gasteiger partial charge in [0.2, 0.25) is 0 Å². The number of rotatable bonds is 6. The van der Waals surface area contributed by atoms with Crippen molar-refractivity contribution in [3.63, 3.8) is 0 Å². The molecule has 5 nitrogen and oxygen atoms in total. The van der Waals surface area contributed by atoms with Gasteiger partial charge in [0.05, 0.1) is 5.75 Å². The highest BCUT2D eigenvalue weighted by Gasteiger charge is 2.13. The van der Waals surface area contributed by atoms with E-state index in [1.54, 1.807) is 19.2 Å². The number of carbonyl (C=O) groups is 1. The minimum atomic E-state index is -3.05. The van der Waals surface area contributed by atoms with Crippen molar-refractivity contribution in [1.82, 2.24) is 4.90 Å². The van der Waals surface area contributed by atoms with Gasteiger partial charge in [0.1, 0.15) is 9.84 Å². The van der Waals surface area contributed by atoms with Gasteiger partial charge in [0.15, 0.2) is 0 Å². The lowest BCUT2D eigenvalue weighted by atomic mass is 10.2. The molecular formula is C13H20N2O3S. The van der Waals surface area contributed by atoms with Gasteiger partial charge in [-0.3, -0.25) is 4.79 Å². The molecule has 1 rings (SSSR count). The molecule has 0 unspecified atom stereocenters. The largest absolute Gasteiger partial charge is 0.385 e. The summed E-state index contributed by atoms with van der Waals surface area (Å²) in [6, 6.07) is 7.14. The molecule has 19 heavy (non-hydrogen) atoms. The Morgan fingerprint density at radius 1 is 1.26 bits per heavy atom. The fourth-order valence-corrected chi connectivity index (χ4v) is 2.16. The third-order valence-electron chi connectivity index (χ3n) is 2.66. The molecule has 0 atom stereocenters. The van der Waals surface area contributed by atoms with E-state index < -0.39 is 9.84 Å². The lowest BCUT2D eigenvalue weighted by Gasteiger charge is -2.16. The summed E-state index contributed by atoms with van der Waals surface area (Å²) in [6.45, 7) is 3.02. The Labute approximate surface area is 114 Å². The van der Waals surface area contributed by atoms with Gasteiger partial charge >= 0.3 is 0 Å². The molecule has 0 fully saturated rings. The van der Waals surface area contributed by atoms with E-state index in [2.05, 4.69) is 5.32 Å². The number of nitrogens with zero attached hydrogens (tertiary/aromatic N) is 1. The number of hydrogen-bond donors (Lipinski definition) is 1. The lowest BCUT2D eigenvalue weighted by molar-refractivity contribution is 0.0803. The molecule has 0 aliphatic rings. The quantitative estimate of drug-likeness (QED) is 0.853. The van der Waals surface area contributed by atoms with Crippen molar-refractivity contribution in [1.29, 1.82) is 0 Å².